The minimum atomic E-state index is 0.253. The fraction of sp³-hybridized carbons (Fsp3) is 0.280. The lowest BCUT2D eigenvalue weighted by atomic mass is 10.1. The molecule has 8 heteroatoms. The van der Waals surface area contributed by atoms with Crippen molar-refractivity contribution in [2.24, 2.45) is 0 Å². The molecular weight excluding hydrogens is 418 g/mol. The van der Waals surface area contributed by atoms with Crippen molar-refractivity contribution in [2.75, 3.05) is 38.4 Å². The summed E-state index contributed by atoms with van der Waals surface area (Å²) in [6.07, 6.45) is 2.60. The predicted octanol–water partition coefficient (Wildman–Crippen LogP) is 4.34. The van der Waals surface area contributed by atoms with E-state index in [9.17, 15) is 0 Å². The molecule has 6 rings (SSSR count). The van der Waals surface area contributed by atoms with Crippen molar-refractivity contribution in [2.45, 2.75) is 12.8 Å². The third-order valence-electron chi connectivity index (χ3n) is 6.01. The number of pyridine rings is 1. The van der Waals surface area contributed by atoms with E-state index in [0.29, 0.717) is 12.6 Å². The summed E-state index contributed by atoms with van der Waals surface area (Å²) < 4.78 is 18.7. The Bertz CT molecular complexity index is 1270. The minimum Gasteiger partial charge on any atom is -0.492 e. The van der Waals surface area contributed by atoms with Crippen LogP contribution in [0.4, 0.5) is 11.6 Å². The molecule has 2 aliphatic rings. The van der Waals surface area contributed by atoms with Gasteiger partial charge in [-0.05, 0) is 80.5 Å². The number of benzene rings is 2. The van der Waals surface area contributed by atoms with Crippen molar-refractivity contribution in [3.8, 4) is 28.5 Å². The lowest BCUT2D eigenvalue weighted by molar-refractivity contribution is 0.174. The van der Waals surface area contributed by atoms with Crippen molar-refractivity contribution in [3.63, 3.8) is 0 Å². The second-order valence-electron chi connectivity index (χ2n) is 8.23. The van der Waals surface area contributed by atoms with Crippen LogP contribution in [-0.2, 0) is 0 Å². The number of anilines is 2. The van der Waals surface area contributed by atoms with Crippen molar-refractivity contribution in [1.82, 2.24) is 19.5 Å². The first-order valence-electron chi connectivity index (χ1n) is 11.3. The third-order valence-corrected chi connectivity index (χ3v) is 6.01. The van der Waals surface area contributed by atoms with Gasteiger partial charge in [0.05, 0.1) is 5.69 Å². The summed E-state index contributed by atoms with van der Waals surface area (Å²) in [7, 11) is 0. The van der Waals surface area contributed by atoms with Crippen LogP contribution in [0.2, 0.25) is 0 Å². The Morgan fingerprint density at radius 1 is 0.939 bits per heavy atom. The Morgan fingerprint density at radius 2 is 1.79 bits per heavy atom. The van der Waals surface area contributed by atoms with Gasteiger partial charge in [-0.25, -0.2) is 4.52 Å². The molecule has 0 unspecified atom stereocenters. The number of nitrogens with one attached hydrogen (secondary N) is 1. The predicted molar refractivity (Wildman–Crippen MR) is 125 cm³/mol. The zero-order valence-corrected chi connectivity index (χ0v) is 18.2. The highest BCUT2D eigenvalue weighted by Gasteiger charge is 2.16. The first-order valence-corrected chi connectivity index (χ1v) is 11.3. The Kier molecular flexibility index (Phi) is 5.20. The van der Waals surface area contributed by atoms with E-state index in [0.717, 1.165) is 46.4 Å². The molecule has 0 saturated carbocycles. The van der Waals surface area contributed by atoms with Gasteiger partial charge in [-0.2, -0.15) is 4.98 Å². The summed E-state index contributed by atoms with van der Waals surface area (Å²) in [6, 6.07) is 19.7. The lowest BCUT2D eigenvalue weighted by Gasteiger charge is -2.15. The molecule has 0 atom stereocenters. The Balaban J connectivity index is 1.16. The second kappa shape index (κ2) is 8.63. The van der Waals surface area contributed by atoms with Crippen molar-refractivity contribution in [1.29, 1.82) is 0 Å². The number of ether oxygens (including phenoxy) is 3. The minimum absolute atomic E-state index is 0.253. The zero-order chi connectivity index (χ0) is 22.0. The van der Waals surface area contributed by atoms with Crippen molar-refractivity contribution < 1.29 is 14.2 Å². The lowest BCUT2D eigenvalue weighted by Crippen LogP contribution is -2.25. The molecule has 0 radical (unpaired) electrons. The first kappa shape index (κ1) is 19.9. The molecule has 33 heavy (non-hydrogen) atoms. The Morgan fingerprint density at radius 3 is 2.67 bits per heavy atom. The highest BCUT2D eigenvalue weighted by atomic mass is 16.7. The molecule has 0 bridgehead atoms. The number of fused-ring (bicyclic) bond motifs is 2. The van der Waals surface area contributed by atoms with Gasteiger partial charge in [-0.3, -0.25) is 4.90 Å². The van der Waals surface area contributed by atoms with Crippen LogP contribution >= 0.6 is 0 Å². The van der Waals surface area contributed by atoms with Crippen molar-refractivity contribution in [3.05, 3.63) is 60.7 Å². The summed E-state index contributed by atoms with van der Waals surface area (Å²) in [5.74, 6) is 2.90. The maximum atomic E-state index is 5.89. The highest BCUT2D eigenvalue weighted by Crippen LogP contribution is 2.36. The molecule has 168 valence electrons. The molecule has 2 aromatic carbocycles. The van der Waals surface area contributed by atoms with Gasteiger partial charge in [-0.15, -0.1) is 5.10 Å². The first-order chi connectivity index (χ1) is 16.3. The van der Waals surface area contributed by atoms with Crippen molar-refractivity contribution >= 4 is 17.3 Å². The van der Waals surface area contributed by atoms with Gasteiger partial charge in [0.25, 0.3) is 0 Å². The van der Waals surface area contributed by atoms with E-state index >= 15 is 0 Å². The summed E-state index contributed by atoms with van der Waals surface area (Å²) in [6.45, 7) is 4.33. The normalized spacial score (nSPS) is 15.3. The van der Waals surface area contributed by atoms with Crippen LogP contribution in [-0.4, -0.2) is 52.5 Å². The van der Waals surface area contributed by atoms with Crippen LogP contribution in [0, 0.1) is 0 Å². The monoisotopic (exact) mass is 443 g/mol. The number of hydrogen-bond acceptors (Lipinski definition) is 7. The maximum absolute atomic E-state index is 5.89. The standard InChI is InChI=1S/C25H25N5O3/c1-2-13-29(12-1)14-15-31-20-9-7-19(8-10-20)26-25-27-24-5-3-4-21(30(24)28-25)18-6-11-22-23(16-18)33-17-32-22/h3-11,16H,1-2,12-15,17H2,(H,26,28). The Hall–Kier alpha value is -3.78. The number of rotatable bonds is 7. The fourth-order valence-electron chi connectivity index (χ4n) is 4.29. The van der Waals surface area contributed by atoms with Crippen LogP contribution in [0.5, 0.6) is 17.2 Å². The molecule has 2 aromatic heterocycles. The molecule has 1 N–H and O–H groups in total. The van der Waals surface area contributed by atoms with Crippen LogP contribution in [0.3, 0.4) is 0 Å². The van der Waals surface area contributed by atoms with Gasteiger partial charge >= 0.3 is 0 Å². The van der Waals surface area contributed by atoms with Gasteiger partial charge in [0, 0.05) is 17.8 Å². The summed E-state index contributed by atoms with van der Waals surface area (Å²) in [5.41, 5.74) is 3.57. The molecule has 4 heterocycles. The average Bonchev–Trinajstić information content (AvgIpc) is 3.60. The molecule has 4 aromatic rings. The van der Waals surface area contributed by atoms with E-state index in [1.807, 2.05) is 65.2 Å². The number of likely N-dealkylation sites (tertiary alicyclic amines) is 1. The van der Waals surface area contributed by atoms with E-state index in [-0.39, 0.29) is 6.79 Å². The van der Waals surface area contributed by atoms with E-state index in [4.69, 9.17) is 14.2 Å². The van der Waals surface area contributed by atoms with E-state index in [1.54, 1.807) is 0 Å². The summed E-state index contributed by atoms with van der Waals surface area (Å²) >= 11 is 0. The van der Waals surface area contributed by atoms with Gasteiger partial charge in [0.1, 0.15) is 12.4 Å². The topological polar surface area (TPSA) is 73.2 Å². The van der Waals surface area contributed by atoms with Gasteiger partial charge in [0.15, 0.2) is 17.1 Å². The molecule has 1 fully saturated rings. The average molecular weight is 444 g/mol. The molecule has 1 saturated heterocycles. The number of nitrogens with zero attached hydrogens (tertiary/aromatic N) is 4. The SMILES string of the molecule is c1cc(-c2ccc3c(c2)OCO3)n2nc(Nc3ccc(OCCN4CCCC4)cc3)nc2c1. The van der Waals surface area contributed by atoms with Gasteiger partial charge in [0.2, 0.25) is 12.7 Å². The molecule has 0 amide bonds. The zero-order valence-electron chi connectivity index (χ0n) is 18.2. The largest absolute Gasteiger partial charge is 0.492 e. The number of aromatic nitrogens is 3. The number of hydrogen-bond donors (Lipinski definition) is 1. The van der Waals surface area contributed by atoms with Crippen LogP contribution in [0.25, 0.3) is 16.9 Å². The molecule has 0 aliphatic carbocycles. The summed E-state index contributed by atoms with van der Waals surface area (Å²) in [5, 5.41) is 7.97. The Labute approximate surface area is 191 Å². The summed E-state index contributed by atoms with van der Waals surface area (Å²) in [4.78, 5) is 7.08. The molecule has 2 aliphatic heterocycles. The second-order valence-corrected chi connectivity index (χ2v) is 8.23. The molecular formula is C25H25N5O3. The molecule has 8 nitrogen and oxygen atoms in total. The van der Waals surface area contributed by atoms with Gasteiger partial charge < -0.3 is 19.5 Å². The van der Waals surface area contributed by atoms with Crippen LogP contribution in [0.1, 0.15) is 12.8 Å². The van der Waals surface area contributed by atoms with Crippen LogP contribution in [0.15, 0.2) is 60.7 Å². The van der Waals surface area contributed by atoms with Gasteiger partial charge in [-0.1, -0.05) is 6.07 Å². The smallest absolute Gasteiger partial charge is 0.247 e. The molecule has 0 spiro atoms. The van der Waals surface area contributed by atoms with E-state index in [1.165, 1.54) is 25.9 Å². The highest BCUT2D eigenvalue weighted by molar-refractivity contribution is 5.68. The fourth-order valence-corrected chi connectivity index (χ4v) is 4.29. The third kappa shape index (κ3) is 4.17. The maximum Gasteiger partial charge on any atom is 0.247 e. The van der Waals surface area contributed by atoms with E-state index in [2.05, 4.69) is 20.3 Å². The quantitative estimate of drug-likeness (QED) is 0.455. The van der Waals surface area contributed by atoms with E-state index < -0.39 is 0 Å². The van der Waals surface area contributed by atoms with Crippen LogP contribution < -0.4 is 19.5 Å².